The molecule has 0 aromatic rings. The first-order valence-electron chi connectivity index (χ1n) is 7.69. The molecule has 3 fully saturated rings. The first kappa shape index (κ1) is 12.5. The Labute approximate surface area is 110 Å². The fourth-order valence-corrected chi connectivity index (χ4v) is 3.78. The van der Waals surface area contributed by atoms with Crippen LogP contribution in [0.5, 0.6) is 0 Å². The Morgan fingerprint density at radius 1 is 1.11 bits per heavy atom. The van der Waals surface area contributed by atoms with E-state index in [-0.39, 0.29) is 11.3 Å². The normalized spacial score (nSPS) is 28.7. The molecular weight excluding hydrogens is 224 g/mol. The summed E-state index contributed by atoms with van der Waals surface area (Å²) in [5.74, 6) is 1.16. The lowest BCUT2D eigenvalue weighted by Crippen LogP contribution is -2.48. The van der Waals surface area contributed by atoms with Crippen molar-refractivity contribution in [2.75, 3.05) is 13.1 Å². The number of rotatable bonds is 5. The van der Waals surface area contributed by atoms with Gasteiger partial charge in [0.1, 0.15) is 0 Å². The van der Waals surface area contributed by atoms with E-state index in [2.05, 4.69) is 5.32 Å². The van der Waals surface area contributed by atoms with E-state index in [9.17, 15) is 4.79 Å². The minimum atomic E-state index is -0.238. The predicted molar refractivity (Wildman–Crippen MR) is 72.0 cm³/mol. The van der Waals surface area contributed by atoms with Gasteiger partial charge >= 0.3 is 0 Å². The molecule has 0 saturated heterocycles. The van der Waals surface area contributed by atoms with E-state index in [0.717, 1.165) is 25.3 Å². The molecule has 0 spiro atoms. The van der Waals surface area contributed by atoms with Crippen LogP contribution in [0.4, 0.5) is 0 Å². The van der Waals surface area contributed by atoms with Crippen molar-refractivity contribution in [2.45, 2.75) is 57.8 Å². The minimum Gasteiger partial charge on any atom is -0.355 e. The van der Waals surface area contributed by atoms with Crippen LogP contribution in [-0.2, 0) is 4.79 Å². The molecule has 3 saturated carbocycles. The fraction of sp³-hybridized carbons (Fsp3) is 0.933. The van der Waals surface area contributed by atoms with E-state index >= 15 is 0 Å². The van der Waals surface area contributed by atoms with Crippen LogP contribution in [0.1, 0.15) is 57.8 Å². The fourth-order valence-electron chi connectivity index (χ4n) is 3.78. The van der Waals surface area contributed by atoms with Crippen molar-refractivity contribution in [3.05, 3.63) is 0 Å². The zero-order valence-corrected chi connectivity index (χ0v) is 11.3. The van der Waals surface area contributed by atoms with Crippen molar-refractivity contribution < 1.29 is 4.79 Å². The number of amides is 1. The molecule has 1 amide bonds. The van der Waals surface area contributed by atoms with E-state index < -0.39 is 0 Å². The number of nitrogens with one attached hydrogen (secondary N) is 1. The smallest absolute Gasteiger partial charge is 0.227 e. The van der Waals surface area contributed by atoms with Gasteiger partial charge in [0.25, 0.3) is 0 Å². The van der Waals surface area contributed by atoms with Crippen LogP contribution in [0.3, 0.4) is 0 Å². The topological polar surface area (TPSA) is 55.1 Å². The molecule has 3 rings (SSSR count). The summed E-state index contributed by atoms with van der Waals surface area (Å²) in [4.78, 5) is 12.5. The lowest BCUT2D eigenvalue weighted by molar-refractivity contribution is -0.132. The summed E-state index contributed by atoms with van der Waals surface area (Å²) < 4.78 is 0. The van der Waals surface area contributed by atoms with E-state index in [4.69, 9.17) is 5.73 Å². The van der Waals surface area contributed by atoms with Gasteiger partial charge < -0.3 is 11.1 Å². The second-order valence-electron chi connectivity index (χ2n) is 6.86. The van der Waals surface area contributed by atoms with Crippen LogP contribution < -0.4 is 11.1 Å². The molecule has 3 heteroatoms. The first-order chi connectivity index (χ1) is 8.71. The van der Waals surface area contributed by atoms with Crippen molar-refractivity contribution in [2.24, 2.45) is 22.5 Å². The Morgan fingerprint density at radius 2 is 1.78 bits per heavy atom. The number of hydrogen-bond acceptors (Lipinski definition) is 2. The molecule has 0 unspecified atom stereocenters. The summed E-state index contributed by atoms with van der Waals surface area (Å²) in [6.45, 7) is 1.44. The lowest BCUT2D eigenvalue weighted by Gasteiger charge is -2.35. The summed E-state index contributed by atoms with van der Waals surface area (Å²) in [5.41, 5.74) is 6.17. The molecule has 18 heavy (non-hydrogen) atoms. The quantitative estimate of drug-likeness (QED) is 0.786. The molecule has 3 nitrogen and oxygen atoms in total. The summed E-state index contributed by atoms with van der Waals surface area (Å²) in [7, 11) is 0. The van der Waals surface area contributed by atoms with Crippen LogP contribution in [0, 0.1) is 16.7 Å². The highest BCUT2D eigenvalue weighted by Gasteiger charge is 2.54. The summed E-state index contributed by atoms with van der Waals surface area (Å²) >= 11 is 0. The minimum absolute atomic E-state index is 0.238. The highest BCUT2D eigenvalue weighted by atomic mass is 16.2. The average Bonchev–Trinajstić information content (AvgIpc) is 3.29. The number of carbonyl (C=O) groups is 1. The van der Waals surface area contributed by atoms with E-state index in [1.54, 1.807) is 0 Å². The second kappa shape index (κ2) is 4.52. The monoisotopic (exact) mass is 250 g/mol. The van der Waals surface area contributed by atoms with Gasteiger partial charge in [-0.1, -0.05) is 19.3 Å². The van der Waals surface area contributed by atoms with Gasteiger partial charge in [-0.25, -0.2) is 0 Å². The third-order valence-corrected chi connectivity index (χ3v) is 5.62. The second-order valence-corrected chi connectivity index (χ2v) is 6.86. The molecule has 3 N–H and O–H groups in total. The maximum Gasteiger partial charge on any atom is 0.227 e. The Morgan fingerprint density at radius 3 is 2.28 bits per heavy atom. The molecule has 0 aromatic heterocycles. The van der Waals surface area contributed by atoms with E-state index in [1.807, 2.05) is 0 Å². The van der Waals surface area contributed by atoms with Gasteiger partial charge in [0.2, 0.25) is 5.91 Å². The van der Waals surface area contributed by atoms with Gasteiger partial charge in [-0.3, -0.25) is 4.79 Å². The summed E-state index contributed by atoms with van der Waals surface area (Å²) in [6.07, 6.45) is 11.0. The number of carbonyl (C=O) groups excluding carboxylic acids is 1. The molecule has 0 bridgehead atoms. The highest BCUT2D eigenvalue weighted by molar-refractivity contribution is 5.83. The molecule has 102 valence electrons. The largest absolute Gasteiger partial charge is 0.355 e. The molecular formula is C15H26N2O. The van der Waals surface area contributed by atoms with Crippen LogP contribution in [0.2, 0.25) is 0 Å². The third-order valence-electron chi connectivity index (χ3n) is 5.62. The Kier molecular flexibility index (Phi) is 3.13. The van der Waals surface area contributed by atoms with Gasteiger partial charge in [0.15, 0.2) is 0 Å². The zero-order valence-electron chi connectivity index (χ0n) is 11.3. The van der Waals surface area contributed by atoms with Crippen molar-refractivity contribution in [1.29, 1.82) is 0 Å². The molecule has 0 aliphatic heterocycles. The van der Waals surface area contributed by atoms with Gasteiger partial charge in [-0.05, 0) is 49.9 Å². The van der Waals surface area contributed by atoms with Crippen LogP contribution >= 0.6 is 0 Å². The number of nitrogens with two attached hydrogens (primary N) is 1. The van der Waals surface area contributed by atoms with Gasteiger partial charge in [-0.2, -0.15) is 0 Å². The van der Waals surface area contributed by atoms with E-state index in [1.165, 1.54) is 44.9 Å². The van der Waals surface area contributed by atoms with Gasteiger partial charge in [-0.15, -0.1) is 0 Å². The third kappa shape index (κ3) is 2.18. The van der Waals surface area contributed by atoms with Gasteiger partial charge in [0.05, 0.1) is 5.41 Å². The van der Waals surface area contributed by atoms with Crippen molar-refractivity contribution in [1.82, 2.24) is 5.32 Å². The van der Waals surface area contributed by atoms with Crippen LogP contribution in [-0.4, -0.2) is 19.0 Å². The maximum atomic E-state index is 12.5. The standard InChI is InChI=1S/C15H26N2O/c16-10-14(6-2-1-3-7-14)13(18)17-11-15(8-9-15)12-4-5-12/h12H,1-11,16H2,(H,17,18). The van der Waals surface area contributed by atoms with E-state index in [0.29, 0.717) is 12.0 Å². The Bertz CT molecular complexity index is 325. The molecule has 3 aliphatic rings. The zero-order chi connectivity index (χ0) is 12.6. The first-order valence-corrected chi connectivity index (χ1v) is 7.69. The molecule has 3 aliphatic carbocycles. The SMILES string of the molecule is NCC1(C(=O)NCC2(C3CC3)CC2)CCCCC1. The van der Waals surface area contributed by atoms with Crippen molar-refractivity contribution in [3.63, 3.8) is 0 Å². The highest BCUT2D eigenvalue weighted by Crippen LogP contribution is 2.60. The molecule has 0 atom stereocenters. The molecule has 0 aromatic carbocycles. The lowest BCUT2D eigenvalue weighted by atomic mass is 9.73. The van der Waals surface area contributed by atoms with Crippen LogP contribution in [0.25, 0.3) is 0 Å². The molecule has 0 radical (unpaired) electrons. The average molecular weight is 250 g/mol. The Balaban J connectivity index is 1.56. The molecule has 0 heterocycles. The summed E-state index contributed by atoms with van der Waals surface area (Å²) in [5, 5.41) is 3.25. The summed E-state index contributed by atoms with van der Waals surface area (Å²) in [6, 6.07) is 0. The van der Waals surface area contributed by atoms with Crippen molar-refractivity contribution in [3.8, 4) is 0 Å². The van der Waals surface area contributed by atoms with Gasteiger partial charge in [0, 0.05) is 13.1 Å². The number of hydrogen-bond donors (Lipinski definition) is 2. The predicted octanol–water partition coefficient (Wildman–Crippen LogP) is 2.20. The van der Waals surface area contributed by atoms with Crippen molar-refractivity contribution >= 4 is 5.91 Å². The Hall–Kier alpha value is -0.570. The van der Waals surface area contributed by atoms with Crippen LogP contribution in [0.15, 0.2) is 0 Å². The maximum absolute atomic E-state index is 12.5.